The Morgan fingerprint density at radius 1 is 1.40 bits per heavy atom. The lowest BCUT2D eigenvalue weighted by Crippen LogP contribution is -2.24. The Kier molecular flexibility index (Phi) is 3.50. The molecule has 1 aromatic carbocycles. The molecule has 1 N–H and O–H groups in total. The second-order valence-corrected chi connectivity index (χ2v) is 2.68. The van der Waals surface area contributed by atoms with Crippen molar-refractivity contribution in [3.63, 3.8) is 0 Å². The quantitative estimate of drug-likeness (QED) is 0.443. The maximum absolute atomic E-state index is 11.2. The number of nitro benzene ring substituents is 1. The predicted octanol–water partition coefficient (Wildman–Crippen LogP) is 0.524. The Labute approximate surface area is 85.1 Å². The summed E-state index contributed by atoms with van der Waals surface area (Å²) < 4.78 is 0. The molecule has 0 heterocycles. The van der Waals surface area contributed by atoms with Gasteiger partial charge in [-0.25, -0.2) is 0 Å². The summed E-state index contributed by atoms with van der Waals surface area (Å²) in [6.07, 6.45) is 0.559. The Morgan fingerprint density at radius 2 is 2.00 bits per heavy atom. The average molecular weight is 208 g/mol. The van der Waals surface area contributed by atoms with Crippen LogP contribution in [-0.2, 0) is 4.79 Å². The number of amides is 1. The fourth-order valence-electron chi connectivity index (χ4n) is 0.971. The van der Waals surface area contributed by atoms with Crippen molar-refractivity contribution in [3.05, 3.63) is 39.9 Å². The van der Waals surface area contributed by atoms with Gasteiger partial charge in [-0.1, -0.05) is 0 Å². The summed E-state index contributed by atoms with van der Waals surface area (Å²) in [5, 5.41) is 12.6. The molecule has 1 amide bonds. The Morgan fingerprint density at radius 3 is 2.47 bits per heavy atom. The maximum Gasteiger partial charge on any atom is 0.269 e. The van der Waals surface area contributed by atoms with Crippen molar-refractivity contribution in [3.8, 4) is 0 Å². The fraction of sp³-hybridized carbons (Fsp3) is 0.111. The first-order valence-corrected chi connectivity index (χ1v) is 4.11. The third kappa shape index (κ3) is 2.87. The second kappa shape index (κ2) is 4.85. The molecule has 15 heavy (non-hydrogen) atoms. The number of rotatable bonds is 4. The van der Waals surface area contributed by atoms with Gasteiger partial charge in [-0.05, 0) is 12.1 Å². The smallest absolute Gasteiger partial charge is 0.269 e. The van der Waals surface area contributed by atoms with Crippen molar-refractivity contribution in [1.82, 2.24) is 5.32 Å². The number of hydrogen-bond donors (Lipinski definition) is 1. The number of non-ortho nitro benzene ring substituents is 1. The van der Waals surface area contributed by atoms with Gasteiger partial charge >= 0.3 is 0 Å². The minimum Gasteiger partial charge on any atom is -0.345 e. The molecule has 0 atom stereocenters. The van der Waals surface area contributed by atoms with Gasteiger partial charge in [0.05, 0.1) is 11.5 Å². The lowest BCUT2D eigenvalue weighted by Gasteiger charge is -2.00. The summed E-state index contributed by atoms with van der Waals surface area (Å²) >= 11 is 0. The van der Waals surface area contributed by atoms with Crippen LogP contribution in [-0.4, -0.2) is 23.7 Å². The van der Waals surface area contributed by atoms with E-state index >= 15 is 0 Å². The van der Waals surface area contributed by atoms with Crippen molar-refractivity contribution < 1.29 is 14.5 Å². The summed E-state index contributed by atoms with van der Waals surface area (Å²) in [4.78, 5) is 31.0. The van der Waals surface area contributed by atoms with Crippen LogP contribution in [0.15, 0.2) is 24.3 Å². The largest absolute Gasteiger partial charge is 0.345 e. The number of nitrogens with zero attached hydrogens (tertiary/aromatic N) is 1. The molecule has 1 rings (SSSR count). The fourth-order valence-corrected chi connectivity index (χ4v) is 0.971. The van der Waals surface area contributed by atoms with Crippen LogP contribution in [0.1, 0.15) is 10.4 Å². The molecular weight excluding hydrogens is 200 g/mol. The van der Waals surface area contributed by atoms with Gasteiger partial charge in [0.25, 0.3) is 11.6 Å². The average Bonchev–Trinajstić information content (AvgIpc) is 2.26. The Bertz CT molecular complexity index is 386. The summed E-state index contributed by atoms with van der Waals surface area (Å²) in [7, 11) is 0. The van der Waals surface area contributed by atoms with E-state index in [0.29, 0.717) is 6.29 Å². The highest BCUT2D eigenvalue weighted by atomic mass is 16.6. The molecule has 0 bridgehead atoms. The van der Waals surface area contributed by atoms with Gasteiger partial charge in [0, 0.05) is 17.7 Å². The minimum atomic E-state index is -0.549. The topological polar surface area (TPSA) is 89.3 Å². The van der Waals surface area contributed by atoms with Gasteiger partial charge in [-0.15, -0.1) is 0 Å². The van der Waals surface area contributed by atoms with E-state index < -0.39 is 10.8 Å². The van der Waals surface area contributed by atoms with E-state index in [1.165, 1.54) is 24.3 Å². The van der Waals surface area contributed by atoms with Crippen molar-refractivity contribution in [2.75, 3.05) is 6.54 Å². The predicted molar refractivity (Wildman–Crippen MR) is 51.5 cm³/mol. The van der Waals surface area contributed by atoms with E-state index in [2.05, 4.69) is 5.32 Å². The van der Waals surface area contributed by atoms with E-state index in [1.54, 1.807) is 0 Å². The van der Waals surface area contributed by atoms with Crippen LogP contribution in [0.4, 0.5) is 5.69 Å². The van der Waals surface area contributed by atoms with Crippen molar-refractivity contribution >= 4 is 17.9 Å². The van der Waals surface area contributed by atoms with Gasteiger partial charge in [-0.2, -0.15) is 0 Å². The highest BCUT2D eigenvalue weighted by Gasteiger charge is 2.08. The molecular formula is C9H8N2O4. The van der Waals surface area contributed by atoms with E-state index in [-0.39, 0.29) is 17.8 Å². The maximum atomic E-state index is 11.2. The minimum absolute atomic E-state index is 0.0736. The number of aldehydes is 1. The molecule has 0 aromatic heterocycles. The van der Waals surface area contributed by atoms with E-state index in [0.717, 1.165) is 0 Å². The van der Waals surface area contributed by atoms with Crippen LogP contribution < -0.4 is 5.32 Å². The molecule has 0 saturated carbocycles. The molecule has 1 aromatic rings. The highest BCUT2D eigenvalue weighted by molar-refractivity contribution is 5.95. The van der Waals surface area contributed by atoms with E-state index in [4.69, 9.17) is 0 Å². The third-order valence-electron chi connectivity index (χ3n) is 1.69. The molecule has 0 unspecified atom stereocenters. The second-order valence-electron chi connectivity index (χ2n) is 2.68. The van der Waals surface area contributed by atoms with Crippen molar-refractivity contribution in [2.45, 2.75) is 0 Å². The van der Waals surface area contributed by atoms with Gasteiger partial charge in [0.15, 0.2) is 0 Å². The van der Waals surface area contributed by atoms with Crippen LogP contribution in [0.5, 0.6) is 0 Å². The van der Waals surface area contributed by atoms with Crippen LogP contribution in [0.2, 0.25) is 0 Å². The first-order valence-electron chi connectivity index (χ1n) is 4.11. The monoisotopic (exact) mass is 208 g/mol. The summed E-state index contributed by atoms with van der Waals surface area (Å²) in [5.41, 5.74) is 0.199. The molecule has 0 aliphatic heterocycles. The van der Waals surface area contributed by atoms with E-state index in [1.807, 2.05) is 0 Å². The highest BCUT2D eigenvalue weighted by Crippen LogP contribution is 2.11. The van der Waals surface area contributed by atoms with Crippen LogP contribution in [0.3, 0.4) is 0 Å². The number of carbonyl (C=O) groups excluding carboxylic acids is 2. The number of carbonyl (C=O) groups is 2. The zero-order valence-electron chi connectivity index (χ0n) is 7.67. The Balaban J connectivity index is 2.75. The molecule has 0 saturated heterocycles. The van der Waals surface area contributed by atoms with Gasteiger partial charge in [0.1, 0.15) is 6.29 Å². The first-order chi connectivity index (χ1) is 7.15. The van der Waals surface area contributed by atoms with Crippen molar-refractivity contribution in [2.24, 2.45) is 0 Å². The number of hydrogen-bond acceptors (Lipinski definition) is 4. The van der Waals surface area contributed by atoms with Gasteiger partial charge < -0.3 is 10.1 Å². The van der Waals surface area contributed by atoms with Crippen molar-refractivity contribution in [1.29, 1.82) is 0 Å². The number of nitro groups is 1. The van der Waals surface area contributed by atoms with E-state index in [9.17, 15) is 19.7 Å². The first kappa shape index (κ1) is 10.8. The third-order valence-corrected chi connectivity index (χ3v) is 1.69. The normalized spacial score (nSPS) is 9.33. The SMILES string of the molecule is O=CCNC(=O)c1ccc([N+](=O)[O-])cc1. The lowest BCUT2D eigenvalue weighted by atomic mass is 10.2. The number of nitrogens with one attached hydrogen (secondary N) is 1. The number of benzene rings is 1. The molecule has 0 fully saturated rings. The zero-order valence-corrected chi connectivity index (χ0v) is 7.67. The molecule has 78 valence electrons. The van der Waals surface area contributed by atoms with Crippen LogP contribution in [0.25, 0.3) is 0 Å². The standard InChI is InChI=1S/C9H8N2O4/c12-6-5-10-9(13)7-1-3-8(4-2-7)11(14)15/h1-4,6H,5H2,(H,10,13). The molecule has 0 spiro atoms. The van der Waals surface area contributed by atoms with Crippen LogP contribution in [0, 0.1) is 10.1 Å². The molecule has 6 nitrogen and oxygen atoms in total. The molecule has 6 heteroatoms. The molecule has 0 aliphatic rings. The summed E-state index contributed by atoms with van der Waals surface area (Å²) in [6.45, 7) is -0.0736. The summed E-state index contributed by atoms with van der Waals surface area (Å²) in [6, 6.07) is 5.13. The zero-order chi connectivity index (χ0) is 11.3. The van der Waals surface area contributed by atoms with Crippen LogP contribution >= 0.6 is 0 Å². The lowest BCUT2D eigenvalue weighted by molar-refractivity contribution is -0.384. The molecule has 0 radical (unpaired) electrons. The van der Waals surface area contributed by atoms with Gasteiger partial charge in [-0.3, -0.25) is 14.9 Å². The summed E-state index contributed by atoms with van der Waals surface area (Å²) in [5.74, 6) is -0.433. The van der Waals surface area contributed by atoms with Gasteiger partial charge in [0.2, 0.25) is 0 Å². The molecule has 0 aliphatic carbocycles. The Hall–Kier alpha value is -2.24.